The first-order chi connectivity index (χ1) is 15.0. The zero-order valence-corrected chi connectivity index (χ0v) is 18.1. The van der Waals surface area contributed by atoms with Crippen LogP contribution >= 0.6 is 0 Å². The Balaban J connectivity index is 1.79. The van der Waals surface area contributed by atoms with Crippen molar-refractivity contribution >= 4 is 11.8 Å². The Morgan fingerprint density at radius 2 is 1.77 bits per heavy atom. The van der Waals surface area contributed by atoms with E-state index in [1.165, 1.54) is 0 Å². The molecule has 1 aliphatic carbocycles. The summed E-state index contributed by atoms with van der Waals surface area (Å²) in [6.07, 6.45) is 1.05. The monoisotopic (exact) mass is 417 g/mol. The average Bonchev–Trinajstić information content (AvgIpc) is 2.78. The van der Waals surface area contributed by atoms with Gasteiger partial charge in [0.1, 0.15) is 5.75 Å². The summed E-state index contributed by atoms with van der Waals surface area (Å²) in [6, 6.07) is 17.6. The molecule has 0 radical (unpaired) electrons. The van der Waals surface area contributed by atoms with E-state index in [0.717, 1.165) is 28.3 Å². The molecule has 0 aromatic heterocycles. The van der Waals surface area contributed by atoms with Gasteiger partial charge < -0.3 is 14.8 Å². The highest BCUT2D eigenvalue weighted by Gasteiger charge is 2.41. The molecule has 31 heavy (non-hydrogen) atoms. The number of para-hydroxylation sites is 1. The zero-order chi connectivity index (χ0) is 22.0. The van der Waals surface area contributed by atoms with Crippen LogP contribution in [0.5, 0.6) is 5.75 Å². The lowest BCUT2D eigenvalue weighted by Crippen LogP contribution is -2.36. The van der Waals surface area contributed by atoms with Crippen LogP contribution in [-0.2, 0) is 14.3 Å². The van der Waals surface area contributed by atoms with Gasteiger partial charge in [-0.1, -0.05) is 48.5 Å². The Morgan fingerprint density at radius 1 is 1.06 bits per heavy atom. The van der Waals surface area contributed by atoms with Crippen molar-refractivity contribution in [2.24, 2.45) is 0 Å². The highest BCUT2D eigenvalue weighted by atomic mass is 16.5. The third kappa shape index (κ3) is 3.88. The molecule has 4 rings (SSSR count). The van der Waals surface area contributed by atoms with Crippen LogP contribution in [0, 0.1) is 0 Å². The number of nitrogens with one attached hydrogen (secondary N) is 1. The maximum Gasteiger partial charge on any atom is 0.336 e. The minimum atomic E-state index is -0.428. The lowest BCUT2D eigenvalue weighted by molar-refractivity contribution is -0.138. The SMILES string of the molecule is CCOC(=O)C1=C(C)NC2=C(C(=O)CC(c3ccccc3OC)C2)C1c1ccccc1. The molecule has 0 spiro atoms. The molecule has 2 aliphatic rings. The van der Waals surface area contributed by atoms with E-state index in [-0.39, 0.29) is 24.3 Å². The van der Waals surface area contributed by atoms with Crippen molar-refractivity contribution in [1.29, 1.82) is 0 Å². The number of hydrogen-bond donors (Lipinski definition) is 1. The minimum absolute atomic E-state index is 0.0169. The van der Waals surface area contributed by atoms with E-state index in [2.05, 4.69) is 5.32 Å². The third-order valence-corrected chi connectivity index (χ3v) is 6.03. The van der Waals surface area contributed by atoms with Crippen molar-refractivity contribution in [3.05, 3.63) is 88.3 Å². The second kappa shape index (κ2) is 8.80. The van der Waals surface area contributed by atoms with Gasteiger partial charge >= 0.3 is 5.97 Å². The fourth-order valence-electron chi connectivity index (χ4n) is 4.72. The van der Waals surface area contributed by atoms with Gasteiger partial charge in [-0.2, -0.15) is 0 Å². The van der Waals surface area contributed by atoms with Crippen LogP contribution in [0.15, 0.2) is 77.1 Å². The molecule has 2 atom stereocenters. The molecule has 2 aromatic rings. The van der Waals surface area contributed by atoms with Crippen molar-refractivity contribution in [1.82, 2.24) is 5.32 Å². The van der Waals surface area contributed by atoms with E-state index >= 15 is 0 Å². The summed E-state index contributed by atoms with van der Waals surface area (Å²) in [6.45, 7) is 3.95. The van der Waals surface area contributed by atoms with E-state index in [0.29, 0.717) is 24.0 Å². The van der Waals surface area contributed by atoms with Gasteiger partial charge in [-0.25, -0.2) is 4.79 Å². The molecular formula is C26H27NO4. The van der Waals surface area contributed by atoms with Gasteiger partial charge in [0, 0.05) is 35.2 Å². The molecule has 1 N–H and O–H groups in total. The molecule has 0 saturated heterocycles. The van der Waals surface area contributed by atoms with E-state index in [1.807, 2.05) is 61.5 Å². The molecule has 160 valence electrons. The standard InChI is InChI=1S/C26H27NO4/c1-4-31-26(29)23-16(2)27-20-14-18(19-12-8-9-13-22(19)30-3)15-21(28)25(20)24(23)17-10-6-5-7-11-17/h5-13,18,24,27H,4,14-15H2,1-3H3. The number of methoxy groups -OCH3 is 1. The van der Waals surface area contributed by atoms with Crippen LogP contribution < -0.4 is 10.1 Å². The van der Waals surface area contributed by atoms with Crippen LogP contribution in [0.25, 0.3) is 0 Å². The lowest BCUT2D eigenvalue weighted by Gasteiger charge is -2.37. The van der Waals surface area contributed by atoms with Gasteiger partial charge in [0.15, 0.2) is 5.78 Å². The predicted molar refractivity (Wildman–Crippen MR) is 119 cm³/mol. The van der Waals surface area contributed by atoms with Crippen molar-refractivity contribution in [3.8, 4) is 5.75 Å². The van der Waals surface area contributed by atoms with E-state index in [1.54, 1.807) is 14.0 Å². The Kier molecular flexibility index (Phi) is 5.94. The van der Waals surface area contributed by atoms with Crippen molar-refractivity contribution < 1.29 is 19.1 Å². The molecule has 0 fully saturated rings. The predicted octanol–water partition coefficient (Wildman–Crippen LogP) is 4.62. The number of ketones is 1. The normalized spacial score (nSPS) is 20.8. The first-order valence-corrected chi connectivity index (χ1v) is 10.6. The van der Waals surface area contributed by atoms with E-state index in [9.17, 15) is 9.59 Å². The average molecular weight is 418 g/mol. The smallest absolute Gasteiger partial charge is 0.336 e. The number of esters is 1. The quantitative estimate of drug-likeness (QED) is 0.719. The van der Waals surface area contributed by atoms with Crippen LogP contribution in [-0.4, -0.2) is 25.5 Å². The van der Waals surface area contributed by atoms with Crippen molar-refractivity contribution in [2.75, 3.05) is 13.7 Å². The second-order valence-electron chi connectivity index (χ2n) is 7.89. The summed E-state index contributed by atoms with van der Waals surface area (Å²) in [5, 5.41) is 3.37. The van der Waals surface area contributed by atoms with Gasteiger partial charge in [-0.05, 0) is 37.5 Å². The summed E-state index contributed by atoms with van der Waals surface area (Å²) in [5.74, 6) is 0.0468. The Labute approximate surface area is 182 Å². The third-order valence-electron chi connectivity index (χ3n) is 6.03. The fourth-order valence-corrected chi connectivity index (χ4v) is 4.72. The molecule has 1 aliphatic heterocycles. The summed E-state index contributed by atoms with van der Waals surface area (Å²) in [4.78, 5) is 26.4. The van der Waals surface area contributed by atoms with Gasteiger partial charge in [0.05, 0.1) is 19.3 Å². The number of dihydropyridines is 1. The molecular weight excluding hydrogens is 390 g/mol. The molecule has 5 heteroatoms. The Hall–Kier alpha value is -3.34. The molecule has 0 saturated carbocycles. The molecule has 0 bridgehead atoms. The summed E-state index contributed by atoms with van der Waals surface area (Å²) < 4.78 is 10.9. The largest absolute Gasteiger partial charge is 0.496 e. The van der Waals surface area contributed by atoms with Crippen LogP contribution in [0.4, 0.5) is 0 Å². The number of Topliss-reactive ketones (excluding diaryl/α,β-unsaturated/α-hetero) is 1. The number of ether oxygens (including phenoxy) is 2. The number of allylic oxidation sites excluding steroid dienone is 3. The molecule has 2 aromatic carbocycles. The number of hydrogen-bond acceptors (Lipinski definition) is 5. The summed E-state index contributed by atoms with van der Waals surface area (Å²) in [5.41, 5.74) is 4.75. The van der Waals surface area contributed by atoms with Crippen LogP contribution in [0.1, 0.15) is 49.7 Å². The first kappa shape index (κ1) is 20.9. The first-order valence-electron chi connectivity index (χ1n) is 10.6. The lowest BCUT2D eigenvalue weighted by atomic mass is 9.71. The Bertz CT molecular complexity index is 1070. The minimum Gasteiger partial charge on any atom is -0.496 e. The molecule has 5 nitrogen and oxygen atoms in total. The van der Waals surface area contributed by atoms with Gasteiger partial charge in [0.25, 0.3) is 0 Å². The molecule has 1 heterocycles. The topological polar surface area (TPSA) is 64.6 Å². The highest BCUT2D eigenvalue weighted by Crippen LogP contribution is 2.46. The van der Waals surface area contributed by atoms with Crippen molar-refractivity contribution in [3.63, 3.8) is 0 Å². The zero-order valence-electron chi connectivity index (χ0n) is 18.1. The maximum atomic E-state index is 13.5. The van der Waals surface area contributed by atoms with Gasteiger partial charge in [-0.3, -0.25) is 4.79 Å². The molecule has 0 amide bonds. The van der Waals surface area contributed by atoms with Gasteiger partial charge in [-0.15, -0.1) is 0 Å². The fraction of sp³-hybridized carbons (Fsp3) is 0.308. The van der Waals surface area contributed by atoms with E-state index in [4.69, 9.17) is 9.47 Å². The second-order valence-corrected chi connectivity index (χ2v) is 7.89. The number of rotatable bonds is 5. The highest BCUT2D eigenvalue weighted by molar-refractivity contribution is 6.04. The number of carbonyl (C=O) groups is 2. The Morgan fingerprint density at radius 3 is 2.48 bits per heavy atom. The summed E-state index contributed by atoms with van der Waals surface area (Å²) in [7, 11) is 1.65. The van der Waals surface area contributed by atoms with Crippen molar-refractivity contribution in [2.45, 2.75) is 38.5 Å². The molecule has 2 unspecified atom stereocenters. The van der Waals surface area contributed by atoms with Crippen LogP contribution in [0.2, 0.25) is 0 Å². The van der Waals surface area contributed by atoms with Crippen LogP contribution in [0.3, 0.4) is 0 Å². The van der Waals surface area contributed by atoms with E-state index < -0.39 is 5.92 Å². The van der Waals surface area contributed by atoms with Gasteiger partial charge in [0.2, 0.25) is 0 Å². The number of benzene rings is 2. The number of carbonyl (C=O) groups excluding carboxylic acids is 2. The summed E-state index contributed by atoms with van der Waals surface area (Å²) >= 11 is 0. The maximum absolute atomic E-state index is 13.5.